The Balaban J connectivity index is 1.38. The van der Waals surface area contributed by atoms with Crippen molar-refractivity contribution in [3.8, 4) is 0 Å². The van der Waals surface area contributed by atoms with Crippen molar-refractivity contribution >= 4 is 11.6 Å². The van der Waals surface area contributed by atoms with Gasteiger partial charge >= 0.3 is 0 Å². The lowest BCUT2D eigenvalue weighted by Crippen LogP contribution is -2.48. The molecular formula is C21H27FN2O4. The van der Waals surface area contributed by atoms with Crippen LogP contribution in [-0.4, -0.2) is 50.2 Å². The second-order valence-corrected chi connectivity index (χ2v) is 7.92. The van der Waals surface area contributed by atoms with Crippen molar-refractivity contribution in [1.29, 1.82) is 0 Å². The van der Waals surface area contributed by atoms with E-state index in [9.17, 15) is 9.18 Å². The molecule has 2 unspecified atom stereocenters. The summed E-state index contributed by atoms with van der Waals surface area (Å²) in [7, 11) is 0. The van der Waals surface area contributed by atoms with Gasteiger partial charge in [0, 0.05) is 39.2 Å². The maximum atomic E-state index is 13.1. The van der Waals surface area contributed by atoms with Gasteiger partial charge < -0.3 is 19.6 Å². The van der Waals surface area contributed by atoms with E-state index in [1.807, 2.05) is 0 Å². The monoisotopic (exact) mass is 390 g/mol. The third-order valence-corrected chi connectivity index (χ3v) is 5.97. The summed E-state index contributed by atoms with van der Waals surface area (Å²) in [6, 6.07) is 6.25. The van der Waals surface area contributed by atoms with E-state index in [0.29, 0.717) is 45.4 Å². The van der Waals surface area contributed by atoms with Crippen LogP contribution in [0.25, 0.3) is 0 Å². The zero-order chi connectivity index (χ0) is 19.4. The van der Waals surface area contributed by atoms with E-state index in [1.165, 1.54) is 12.1 Å². The number of oxime groups is 1. The van der Waals surface area contributed by atoms with Crippen LogP contribution >= 0.6 is 0 Å². The van der Waals surface area contributed by atoms with Crippen LogP contribution in [0.3, 0.4) is 0 Å². The number of rotatable bonds is 6. The highest BCUT2D eigenvalue weighted by Crippen LogP contribution is 2.38. The van der Waals surface area contributed by atoms with Crippen molar-refractivity contribution in [2.24, 2.45) is 10.6 Å². The number of nitrogens with one attached hydrogen (secondary N) is 1. The highest BCUT2D eigenvalue weighted by atomic mass is 19.1. The summed E-state index contributed by atoms with van der Waals surface area (Å²) in [5, 5.41) is 7.30. The summed E-state index contributed by atoms with van der Waals surface area (Å²) in [6.07, 6.45) is 4.58. The van der Waals surface area contributed by atoms with Gasteiger partial charge in [0.05, 0.1) is 17.2 Å². The summed E-state index contributed by atoms with van der Waals surface area (Å²) >= 11 is 0. The van der Waals surface area contributed by atoms with Crippen molar-refractivity contribution in [3.05, 3.63) is 35.6 Å². The summed E-state index contributed by atoms with van der Waals surface area (Å²) in [5.74, 6) is -0.214. The van der Waals surface area contributed by atoms with Crippen molar-refractivity contribution in [1.82, 2.24) is 5.32 Å². The van der Waals surface area contributed by atoms with Crippen molar-refractivity contribution < 1.29 is 23.5 Å². The number of halogens is 1. The summed E-state index contributed by atoms with van der Waals surface area (Å²) < 4.78 is 24.3. The predicted molar refractivity (Wildman–Crippen MR) is 102 cm³/mol. The highest BCUT2D eigenvalue weighted by Gasteiger charge is 2.43. The van der Waals surface area contributed by atoms with Crippen LogP contribution in [-0.2, 0) is 19.1 Å². The second kappa shape index (κ2) is 8.57. The Hall–Kier alpha value is -1.99. The molecule has 1 amide bonds. The highest BCUT2D eigenvalue weighted by molar-refractivity contribution is 6.01. The second-order valence-electron chi connectivity index (χ2n) is 7.92. The fourth-order valence-electron chi connectivity index (χ4n) is 4.27. The minimum absolute atomic E-state index is 0.0603. The van der Waals surface area contributed by atoms with Crippen LogP contribution in [0, 0.1) is 11.2 Å². The Bertz CT molecular complexity index is 710. The molecule has 28 heavy (non-hydrogen) atoms. The molecule has 2 atom stereocenters. The van der Waals surface area contributed by atoms with Crippen LogP contribution in [0.4, 0.5) is 4.39 Å². The molecule has 0 bridgehead atoms. The van der Waals surface area contributed by atoms with Gasteiger partial charge in [-0.15, -0.1) is 0 Å². The normalized spacial score (nSPS) is 26.5. The molecule has 0 aliphatic carbocycles. The Morgan fingerprint density at radius 3 is 2.68 bits per heavy atom. The van der Waals surface area contributed by atoms with Crippen molar-refractivity contribution in [2.75, 3.05) is 26.4 Å². The molecular weight excluding hydrogens is 363 g/mol. The Morgan fingerprint density at radius 2 is 1.96 bits per heavy atom. The molecule has 7 heteroatoms. The van der Waals surface area contributed by atoms with Gasteiger partial charge in [0.2, 0.25) is 5.91 Å². The minimum Gasteiger partial charge on any atom is -0.392 e. The standard InChI is InChI=1S/C21H27FN2O4/c22-16-5-3-15(4-6-16)19-12-18(28-24-19)13-21(7-10-26-11-8-21)20(25)23-14-17-2-1-9-27-17/h3-6,17-18H,1-2,7-14H2,(H,23,25). The van der Waals surface area contributed by atoms with Gasteiger partial charge in [-0.05, 0) is 43.4 Å². The molecule has 4 rings (SSSR count). The van der Waals surface area contributed by atoms with E-state index in [2.05, 4.69) is 10.5 Å². The molecule has 152 valence electrons. The van der Waals surface area contributed by atoms with Gasteiger partial charge in [0.1, 0.15) is 11.9 Å². The fraction of sp³-hybridized carbons (Fsp3) is 0.619. The molecule has 1 aromatic carbocycles. The maximum absolute atomic E-state index is 13.1. The van der Waals surface area contributed by atoms with Crippen LogP contribution < -0.4 is 5.32 Å². The number of ether oxygens (including phenoxy) is 2. The topological polar surface area (TPSA) is 69.2 Å². The van der Waals surface area contributed by atoms with E-state index in [4.69, 9.17) is 14.3 Å². The quantitative estimate of drug-likeness (QED) is 0.811. The van der Waals surface area contributed by atoms with Gasteiger partial charge in [-0.2, -0.15) is 0 Å². The first kappa shape index (κ1) is 19.3. The van der Waals surface area contributed by atoms with Crippen LogP contribution in [0.1, 0.15) is 44.1 Å². The predicted octanol–water partition coefficient (Wildman–Crippen LogP) is 2.80. The van der Waals surface area contributed by atoms with E-state index >= 15 is 0 Å². The lowest BCUT2D eigenvalue weighted by Gasteiger charge is -2.37. The fourth-order valence-corrected chi connectivity index (χ4v) is 4.27. The number of carbonyl (C=O) groups excluding carboxylic acids is 1. The molecule has 6 nitrogen and oxygen atoms in total. The third-order valence-electron chi connectivity index (χ3n) is 5.97. The van der Waals surface area contributed by atoms with Crippen LogP contribution in [0.5, 0.6) is 0 Å². The molecule has 0 saturated carbocycles. The molecule has 2 saturated heterocycles. The summed E-state index contributed by atoms with van der Waals surface area (Å²) in [5.41, 5.74) is 1.15. The first-order valence-electron chi connectivity index (χ1n) is 10.1. The average molecular weight is 390 g/mol. The lowest BCUT2D eigenvalue weighted by atomic mass is 9.74. The van der Waals surface area contributed by atoms with Gasteiger partial charge in [-0.1, -0.05) is 17.3 Å². The number of hydrogen-bond acceptors (Lipinski definition) is 5. The summed E-state index contributed by atoms with van der Waals surface area (Å²) in [6.45, 7) is 2.49. The molecule has 3 aliphatic rings. The average Bonchev–Trinajstić information content (AvgIpc) is 3.39. The molecule has 0 aromatic heterocycles. The molecule has 1 N–H and O–H groups in total. The molecule has 2 fully saturated rings. The van der Waals surface area contributed by atoms with E-state index in [-0.39, 0.29) is 23.9 Å². The Labute approximate surface area is 164 Å². The van der Waals surface area contributed by atoms with E-state index in [1.54, 1.807) is 12.1 Å². The Kier molecular flexibility index (Phi) is 5.92. The molecule has 3 heterocycles. The van der Waals surface area contributed by atoms with Gasteiger partial charge in [0.25, 0.3) is 0 Å². The van der Waals surface area contributed by atoms with Crippen LogP contribution in [0.15, 0.2) is 29.4 Å². The first-order valence-corrected chi connectivity index (χ1v) is 10.1. The van der Waals surface area contributed by atoms with Gasteiger partial charge in [0.15, 0.2) is 0 Å². The third kappa shape index (κ3) is 4.36. The smallest absolute Gasteiger partial charge is 0.226 e. The molecule has 1 aromatic rings. The molecule has 0 radical (unpaired) electrons. The SMILES string of the molecule is O=C(NCC1CCCO1)C1(CC2CC(c3ccc(F)cc3)=NO2)CCOCC1. The number of amides is 1. The number of hydrogen-bond donors (Lipinski definition) is 1. The molecule has 0 spiro atoms. The van der Waals surface area contributed by atoms with Gasteiger partial charge in [-0.3, -0.25) is 4.79 Å². The number of benzene rings is 1. The van der Waals surface area contributed by atoms with Gasteiger partial charge in [-0.25, -0.2) is 4.39 Å². The Morgan fingerprint density at radius 1 is 1.18 bits per heavy atom. The zero-order valence-corrected chi connectivity index (χ0v) is 16.0. The first-order chi connectivity index (χ1) is 13.6. The zero-order valence-electron chi connectivity index (χ0n) is 16.0. The largest absolute Gasteiger partial charge is 0.392 e. The lowest BCUT2D eigenvalue weighted by molar-refractivity contribution is -0.140. The minimum atomic E-state index is -0.505. The summed E-state index contributed by atoms with van der Waals surface area (Å²) in [4.78, 5) is 18.8. The van der Waals surface area contributed by atoms with Crippen molar-refractivity contribution in [2.45, 2.75) is 50.7 Å². The van der Waals surface area contributed by atoms with Crippen LogP contribution in [0.2, 0.25) is 0 Å². The number of carbonyl (C=O) groups is 1. The van der Waals surface area contributed by atoms with E-state index < -0.39 is 5.41 Å². The molecule has 3 aliphatic heterocycles. The van der Waals surface area contributed by atoms with Crippen molar-refractivity contribution in [3.63, 3.8) is 0 Å². The van der Waals surface area contributed by atoms with E-state index in [0.717, 1.165) is 30.7 Å². The maximum Gasteiger partial charge on any atom is 0.226 e. The number of nitrogens with zero attached hydrogens (tertiary/aromatic N) is 1.